The Morgan fingerprint density at radius 3 is 2.83 bits per heavy atom. The van der Waals surface area contributed by atoms with Crippen LogP contribution in [0, 0.1) is 12.8 Å². The molecule has 62 valence electrons. The number of aromatic nitrogens is 1. The molecule has 0 spiro atoms. The minimum atomic E-state index is 0.258. The van der Waals surface area contributed by atoms with Crippen molar-refractivity contribution in [3.8, 4) is 0 Å². The minimum absolute atomic E-state index is 0.258. The molecule has 1 heterocycles. The fraction of sp³-hybridized carbons (Fsp3) is 0.400. The van der Waals surface area contributed by atoms with E-state index in [1.54, 1.807) is 4.57 Å². The van der Waals surface area contributed by atoms with Crippen LogP contribution >= 0.6 is 0 Å². The number of hydrogen-bond donors (Lipinski definition) is 0. The molecule has 0 aromatic carbocycles. The largest absolute Gasteiger partial charge is 0.395 e. The second-order valence-electron chi connectivity index (χ2n) is 3.32. The summed E-state index contributed by atoms with van der Waals surface area (Å²) in [6.45, 7) is 1.96. The minimum Gasteiger partial charge on any atom is -0.219 e. The molecule has 0 bridgehead atoms. The van der Waals surface area contributed by atoms with Crippen LogP contribution in [0.3, 0.4) is 0 Å². The zero-order valence-corrected chi connectivity index (χ0v) is 7.16. The summed E-state index contributed by atoms with van der Waals surface area (Å²) in [5, 5.41) is 0. The zero-order valence-electron chi connectivity index (χ0n) is 7.16. The lowest BCUT2D eigenvalue weighted by atomic mass is 10.3. The first kappa shape index (κ1) is 7.47. The molecule has 0 atom stereocenters. The number of rotatable bonds is 1. The van der Waals surface area contributed by atoms with Gasteiger partial charge in [0.1, 0.15) is 0 Å². The first-order chi connectivity index (χ1) is 5.79. The third-order valence-corrected chi connectivity index (χ3v) is 2.23. The monoisotopic (exact) mass is 162 g/mol. The Morgan fingerprint density at radius 2 is 2.25 bits per heavy atom. The predicted molar refractivity (Wildman–Crippen MR) is 44.7 cm³/mol. The number of hydrogen-bond acceptors (Lipinski definition) is 1. The smallest absolute Gasteiger partial charge is 0.219 e. The van der Waals surface area contributed by atoms with Crippen LogP contribution in [0.1, 0.15) is 23.3 Å². The van der Waals surface area contributed by atoms with Gasteiger partial charge in [-0.25, -0.2) is 4.79 Å². The standard InChI is InChI=1S/C10H12NO/c1-8-4-2-3-7-11(8)10(12)9-5-6-9/h2-4,7,9H,5-6H2,1H3/q+1. The third kappa shape index (κ3) is 1.24. The molecule has 0 unspecified atom stereocenters. The number of pyridine rings is 1. The Morgan fingerprint density at radius 1 is 1.50 bits per heavy atom. The van der Waals surface area contributed by atoms with Crippen molar-refractivity contribution in [3.05, 3.63) is 30.1 Å². The fourth-order valence-electron chi connectivity index (χ4n) is 1.30. The van der Waals surface area contributed by atoms with Crippen molar-refractivity contribution in [2.24, 2.45) is 5.92 Å². The van der Waals surface area contributed by atoms with Gasteiger partial charge in [0.2, 0.25) is 0 Å². The molecule has 0 amide bonds. The van der Waals surface area contributed by atoms with Crippen LogP contribution in [0.15, 0.2) is 24.4 Å². The lowest BCUT2D eigenvalue weighted by Crippen LogP contribution is -2.45. The van der Waals surface area contributed by atoms with E-state index in [-0.39, 0.29) is 5.91 Å². The van der Waals surface area contributed by atoms with Gasteiger partial charge in [0.05, 0.1) is 5.92 Å². The molecule has 1 aliphatic rings. The van der Waals surface area contributed by atoms with Crippen molar-refractivity contribution < 1.29 is 9.36 Å². The van der Waals surface area contributed by atoms with Gasteiger partial charge in [-0.1, -0.05) is 6.07 Å². The van der Waals surface area contributed by atoms with E-state index >= 15 is 0 Å². The Hall–Kier alpha value is -1.18. The average molecular weight is 162 g/mol. The highest BCUT2D eigenvalue weighted by Crippen LogP contribution is 2.28. The van der Waals surface area contributed by atoms with E-state index in [0.717, 1.165) is 18.5 Å². The van der Waals surface area contributed by atoms with Crippen LogP contribution in [0.5, 0.6) is 0 Å². The molecule has 2 rings (SSSR count). The van der Waals surface area contributed by atoms with Crippen LogP contribution in [-0.2, 0) is 0 Å². The normalized spacial score (nSPS) is 16.1. The van der Waals surface area contributed by atoms with Crippen LogP contribution in [-0.4, -0.2) is 5.91 Å². The van der Waals surface area contributed by atoms with Crippen LogP contribution in [0.4, 0.5) is 0 Å². The van der Waals surface area contributed by atoms with Gasteiger partial charge in [-0.2, -0.15) is 0 Å². The molecule has 1 aliphatic carbocycles. The summed E-state index contributed by atoms with van der Waals surface area (Å²) in [6, 6.07) is 5.81. The lowest BCUT2D eigenvalue weighted by molar-refractivity contribution is -0.582. The molecule has 1 fully saturated rings. The molecule has 1 saturated carbocycles. The van der Waals surface area contributed by atoms with Crippen LogP contribution < -0.4 is 4.57 Å². The topological polar surface area (TPSA) is 20.9 Å². The van der Waals surface area contributed by atoms with E-state index in [9.17, 15) is 4.79 Å². The first-order valence-corrected chi connectivity index (χ1v) is 4.30. The van der Waals surface area contributed by atoms with Gasteiger partial charge in [0, 0.05) is 19.1 Å². The summed E-state index contributed by atoms with van der Waals surface area (Å²) < 4.78 is 1.75. The molecule has 2 nitrogen and oxygen atoms in total. The molecule has 0 N–H and O–H groups in total. The number of nitrogens with zero attached hydrogens (tertiary/aromatic N) is 1. The Kier molecular flexibility index (Phi) is 1.68. The number of carbonyl (C=O) groups is 1. The van der Waals surface area contributed by atoms with Gasteiger partial charge in [-0.05, 0) is 12.8 Å². The van der Waals surface area contributed by atoms with E-state index in [0.29, 0.717) is 5.92 Å². The second kappa shape index (κ2) is 2.70. The van der Waals surface area contributed by atoms with E-state index < -0.39 is 0 Å². The van der Waals surface area contributed by atoms with Gasteiger partial charge >= 0.3 is 5.91 Å². The van der Waals surface area contributed by atoms with Crippen LogP contribution in [0.25, 0.3) is 0 Å². The predicted octanol–water partition coefficient (Wildman–Crippen LogP) is 1.33. The zero-order chi connectivity index (χ0) is 8.55. The summed E-state index contributed by atoms with van der Waals surface area (Å²) >= 11 is 0. The van der Waals surface area contributed by atoms with Crippen molar-refractivity contribution in [2.45, 2.75) is 19.8 Å². The van der Waals surface area contributed by atoms with Crippen molar-refractivity contribution in [1.82, 2.24) is 0 Å². The molecular formula is C10H12NO+. The summed E-state index contributed by atoms with van der Waals surface area (Å²) in [5.74, 6) is 0.559. The molecule has 0 radical (unpaired) electrons. The molecule has 12 heavy (non-hydrogen) atoms. The quantitative estimate of drug-likeness (QED) is 0.571. The maximum absolute atomic E-state index is 11.6. The van der Waals surface area contributed by atoms with Crippen molar-refractivity contribution in [1.29, 1.82) is 0 Å². The van der Waals surface area contributed by atoms with Gasteiger partial charge in [0.15, 0.2) is 11.9 Å². The maximum atomic E-state index is 11.6. The highest BCUT2D eigenvalue weighted by atomic mass is 16.2. The van der Waals surface area contributed by atoms with Crippen LogP contribution in [0.2, 0.25) is 0 Å². The van der Waals surface area contributed by atoms with Crippen molar-refractivity contribution in [2.75, 3.05) is 0 Å². The Balaban J connectivity index is 2.32. The van der Waals surface area contributed by atoms with E-state index in [1.165, 1.54) is 0 Å². The molecule has 1 aromatic rings. The third-order valence-electron chi connectivity index (χ3n) is 2.23. The summed E-state index contributed by atoms with van der Waals surface area (Å²) in [5.41, 5.74) is 1.02. The summed E-state index contributed by atoms with van der Waals surface area (Å²) in [6.07, 6.45) is 3.98. The highest BCUT2D eigenvalue weighted by Gasteiger charge is 2.37. The molecule has 0 saturated heterocycles. The van der Waals surface area contributed by atoms with Gasteiger partial charge in [-0.3, -0.25) is 0 Å². The lowest BCUT2D eigenvalue weighted by Gasteiger charge is -1.94. The maximum Gasteiger partial charge on any atom is 0.395 e. The highest BCUT2D eigenvalue weighted by molar-refractivity contribution is 5.72. The number of carbonyl (C=O) groups excluding carboxylic acids is 1. The Labute approximate surface area is 71.8 Å². The molecular weight excluding hydrogens is 150 g/mol. The number of aryl methyl sites for hydroxylation is 1. The van der Waals surface area contributed by atoms with Crippen molar-refractivity contribution >= 4 is 5.91 Å². The Bertz CT molecular complexity index is 315. The first-order valence-electron chi connectivity index (χ1n) is 4.30. The fourth-order valence-corrected chi connectivity index (χ4v) is 1.30. The van der Waals surface area contributed by atoms with Gasteiger partial charge in [0.25, 0.3) is 0 Å². The van der Waals surface area contributed by atoms with Gasteiger partial charge < -0.3 is 0 Å². The average Bonchev–Trinajstić information content (AvgIpc) is 2.86. The summed E-state index contributed by atoms with van der Waals surface area (Å²) in [4.78, 5) is 11.6. The van der Waals surface area contributed by atoms with E-state index in [1.807, 2.05) is 31.3 Å². The van der Waals surface area contributed by atoms with E-state index in [4.69, 9.17) is 0 Å². The second-order valence-corrected chi connectivity index (χ2v) is 3.32. The SMILES string of the molecule is Cc1cccc[n+]1C(=O)C1CC1. The molecule has 0 aliphatic heterocycles. The summed E-state index contributed by atoms with van der Waals surface area (Å²) in [7, 11) is 0. The molecule has 1 aromatic heterocycles. The van der Waals surface area contributed by atoms with E-state index in [2.05, 4.69) is 0 Å². The molecule has 2 heteroatoms. The van der Waals surface area contributed by atoms with Gasteiger partial charge in [-0.15, -0.1) is 4.57 Å². The van der Waals surface area contributed by atoms with Crippen molar-refractivity contribution in [3.63, 3.8) is 0 Å².